The van der Waals surface area contributed by atoms with Crippen LogP contribution in [0.3, 0.4) is 0 Å². The Morgan fingerprint density at radius 2 is 0.939 bits per heavy atom. The molecule has 0 amide bonds. The second-order valence-corrected chi connectivity index (χ2v) is 24.3. The number of hydrogen-bond acceptors (Lipinski definition) is 2. The highest BCUT2D eigenvalue weighted by atomic mass is 15.2. The summed E-state index contributed by atoms with van der Waals surface area (Å²) in [5.74, 6) is 0. The average molecular weight is 863 g/mol. The molecule has 0 N–H and O–H groups in total. The molecule has 4 aliphatic rings. The van der Waals surface area contributed by atoms with Gasteiger partial charge >= 0.3 is 0 Å². The Kier molecular flexibility index (Phi) is 9.16. The second kappa shape index (κ2) is 14.1. The number of nitrogens with zero attached hydrogens (tertiary/aromatic N) is 2. The Balaban J connectivity index is 1.31. The van der Waals surface area contributed by atoms with E-state index in [4.69, 9.17) is 0 Å². The largest absolute Gasteiger partial charge is 0.311 e. The number of rotatable bonds is 3. The predicted octanol–water partition coefficient (Wildman–Crippen LogP) is 15.3. The molecule has 0 aromatic heterocycles. The van der Waals surface area contributed by atoms with Crippen LogP contribution in [-0.4, -0.2) is 6.71 Å². The van der Waals surface area contributed by atoms with Gasteiger partial charge in [-0.3, -0.25) is 0 Å². The van der Waals surface area contributed by atoms with E-state index in [2.05, 4.69) is 234 Å². The van der Waals surface area contributed by atoms with E-state index in [1.807, 2.05) is 0 Å². The zero-order valence-corrected chi connectivity index (χ0v) is 42.0. The molecule has 0 fully saturated rings. The van der Waals surface area contributed by atoms with E-state index >= 15 is 0 Å². The van der Waals surface area contributed by atoms with E-state index in [1.165, 1.54) is 130 Å². The summed E-state index contributed by atoms with van der Waals surface area (Å²) >= 11 is 0. The third-order valence-electron chi connectivity index (χ3n) is 16.5. The van der Waals surface area contributed by atoms with Gasteiger partial charge in [-0.2, -0.15) is 0 Å². The highest BCUT2D eigenvalue weighted by Crippen LogP contribution is 2.55. The van der Waals surface area contributed by atoms with E-state index in [9.17, 15) is 0 Å². The first-order chi connectivity index (χ1) is 31.1. The molecule has 0 atom stereocenters. The van der Waals surface area contributed by atoms with Crippen LogP contribution in [0.25, 0.3) is 22.3 Å². The zero-order valence-electron chi connectivity index (χ0n) is 42.0. The summed E-state index contributed by atoms with van der Waals surface area (Å²) in [6.07, 6.45) is 2.34. The molecular formula is C63H67BN2. The van der Waals surface area contributed by atoms with Crippen LogP contribution >= 0.6 is 0 Å². The molecule has 0 spiro atoms. The van der Waals surface area contributed by atoms with Crippen LogP contribution in [0.5, 0.6) is 0 Å². The molecule has 7 aromatic rings. The minimum absolute atomic E-state index is 0.00453. The number of aryl methyl sites for hydroxylation is 2. The van der Waals surface area contributed by atoms with Gasteiger partial charge in [0, 0.05) is 39.5 Å². The molecule has 2 heterocycles. The first-order valence-electron chi connectivity index (χ1n) is 24.6. The number of anilines is 6. The summed E-state index contributed by atoms with van der Waals surface area (Å²) in [5.41, 5.74) is 28.1. The summed E-state index contributed by atoms with van der Waals surface area (Å²) in [6, 6.07) is 50.3. The topological polar surface area (TPSA) is 6.48 Å². The van der Waals surface area contributed by atoms with Crippen LogP contribution in [0, 0.1) is 13.8 Å². The molecule has 2 aliphatic heterocycles. The molecule has 7 aromatic carbocycles. The molecular weight excluding hydrogens is 796 g/mol. The molecule has 2 nitrogen and oxygen atoms in total. The number of benzene rings is 7. The van der Waals surface area contributed by atoms with Crippen molar-refractivity contribution >= 4 is 57.2 Å². The van der Waals surface area contributed by atoms with E-state index < -0.39 is 0 Å². The summed E-state index contributed by atoms with van der Waals surface area (Å²) in [5, 5.41) is 0. The van der Waals surface area contributed by atoms with Gasteiger partial charge in [0.1, 0.15) is 0 Å². The molecule has 66 heavy (non-hydrogen) atoms. The first-order valence-corrected chi connectivity index (χ1v) is 24.6. The maximum absolute atomic E-state index is 2.69. The van der Waals surface area contributed by atoms with Gasteiger partial charge < -0.3 is 9.80 Å². The third kappa shape index (κ3) is 6.28. The number of para-hydroxylation sites is 1. The standard InChI is InChI=1S/C63H67BN2/c1-38-20-18-19-23-52(38)65-54-36-47-45(44-33-43(60(6,7)8)24-26-46(44)63(47,13)14)34-50(54)64-51-35-48-49(62(11,12)29-28-61(48,9)10)37-55(51)66(53-27-25-42(30-39(53)2)59(3,4)5)57-32-41(31-56(65)58(57)64)40-21-16-15-17-22-40/h15-27,30-37H,28-29H2,1-14H3. The van der Waals surface area contributed by atoms with Crippen LogP contribution in [0.1, 0.15) is 140 Å². The van der Waals surface area contributed by atoms with Crippen molar-refractivity contribution in [3.63, 3.8) is 0 Å². The molecule has 2 aliphatic carbocycles. The van der Waals surface area contributed by atoms with Crippen LogP contribution in [0.4, 0.5) is 34.1 Å². The van der Waals surface area contributed by atoms with Gasteiger partial charge in [-0.05, 0) is 168 Å². The van der Waals surface area contributed by atoms with Crippen molar-refractivity contribution in [1.29, 1.82) is 0 Å². The first kappa shape index (κ1) is 42.8. The quantitative estimate of drug-likeness (QED) is 0.163. The predicted molar refractivity (Wildman–Crippen MR) is 286 cm³/mol. The monoisotopic (exact) mass is 863 g/mol. The molecule has 0 radical (unpaired) electrons. The van der Waals surface area contributed by atoms with Crippen molar-refractivity contribution in [3.05, 3.63) is 172 Å². The van der Waals surface area contributed by atoms with Gasteiger partial charge in [0.25, 0.3) is 6.71 Å². The minimum atomic E-state index is -0.169. The van der Waals surface area contributed by atoms with Gasteiger partial charge in [-0.1, -0.05) is 174 Å². The molecule has 332 valence electrons. The van der Waals surface area contributed by atoms with Crippen LogP contribution in [-0.2, 0) is 27.1 Å². The van der Waals surface area contributed by atoms with Gasteiger partial charge in [0.05, 0.1) is 0 Å². The van der Waals surface area contributed by atoms with Crippen LogP contribution in [0.2, 0.25) is 0 Å². The SMILES string of the molecule is Cc1cc(C(C)(C)C)ccc1N1c2cc3c(cc2B2c4cc5c(cc4N(c4ccccc4C)c4cc(-c6ccccc6)cc1c42)C(C)(C)c1ccc(C(C)(C)C)cc1-5)C(C)(C)CCC3(C)C. The molecule has 0 unspecified atom stereocenters. The summed E-state index contributed by atoms with van der Waals surface area (Å²) in [4.78, 5) is 5.33. The maximum Gasteiger partial charge on any atom is 0.252 e. The Labute approximate surface area is 396 Å². The van der Waals surface area contributed by atoms with Crippen molar-refractivity contribution in [2.45, 2.75) is 137 Å². The van der Waals surface area contributed by atoms with Gasteiger partial charge in [-0.25, -0.2) is 0 Å². The summed E-state index contributed by atoms with van der Waals surface area (Å²) in [6.45, 7) is 33.5. The lowest BCUT2D eigenvalue weighted by Gasteiger charge is -2.48. The van der Waals surface area contributed by atoms with Crippen molar-refractivity contribution < 1.29 is 0 Å². The van der Waals surface area contributed by atoms with Gasteiger partial charge in [0.15, 0.2) is 0 Å². The number of hydrogen-bond donors (Lipinski definition) is 0. The highest BCUT2D eigenvalue weighted by molar-refractivity contribution is 7.00. The molecule has 11 rings (SSSR count). The molecule has 0 bridgehead atoms. The Bertz CT molecular complexity index is 3170. The van der Waals surface area contributed by atoms with Crippen molar-refractivity contribution in [1.82, 2.24) is 0 Å². The lowest BCUT2D eigenvalue weighted by molar-refractivity contribution is 0.332. The van der Waals surface area contributed by atoms with E-state index in [0.717, 1.165) is 0 Å². The molecule has 0 saturated heterocycles. The fourth-order valence-corrected chi connectivity index (χ4v) is 12.3. The van der Waals surface area contributed by atoms with Crippen molar-refractivity contribution in [3.8, 4) is 22.3 Å². The van der Waals surface area contributed by atoms with E-state index in [1.54, 1.807) is 0 Å². The minimum Gasteiger partial charge on any atom is -0.311 e. The Hall–Kier alpha value is -5.80. The lowest BCUT2D eigenvalue weighted by Crippen LogP contribution is -2.62. The zero-order chi connectivity index (χ0) is 46.6. The Morgan fingerprint density at radius 1 is 0.424 bits per heavy atom. The summed E-state index contributed by atoms with van der Waals surface area (Å²) < 4.78 is 0. The third-order valence-corrected chi connectivity index (χ3v) is 16.5. The smallest absolute Gasteiger partial charge is 0.252 e. The lowest BCUT2D eigenvalue weighted by atomic mass is 9.33. The fourth-order valence-electron chi connectivity index (χ4n) is 12.3. The van der Waals surface area contributed by atoms with Crippen molar-refractivity contribution in [2.75, 3.05) is 9.80 Å². The normalized spacial score (nSPS) is 17.1. The van der Waals surface area contributed by atoms with Gasteiger partial charge in [0.2, 0.25) is 0 Å². The van der Waals surface area contributed by atoms with E-state index in [0.29, 0.717) is 0 Å². The summed E-state index contributed by atoms with van der Waals surface area (Å²) in [7, 11) is 0. The highest BCUT2D eigenvalue weighted by Gasteiger charge is 2.48. The second-order valence-electron chi connectivity index (χ2n) is 24.3. The maximum atomic E-state index is 2.69. The number of fused-ring (bicyclic) bond motifs is 8. The average Bonchev–Trinajstić information content (AvgIpc) is 3.48. The van der Waals surface area contributed by atoms with Gasteiger partial charge in [-0.15, -0.1) is 0 Å². The van der Waals surface area contributed by atoms with Crippen LogP contribution in [0.15, 0.2) is 127 Å². The fraction of sp³-hybridized carbons (Fsp3) is 0.333. The molecule has 3 heteroatoms. The van der Waals surface area contributed by atoms with E-state index in [-0.39, 0.29) is 33.8 Å². The van der Waals surface area contributed by atoms with Crippen LogP contribution < -0.4 is 26.2 Å². The van der Waals surface area contributed by atoms with Crippen molar-refractivity contribution in [2.24, 2.45) is 0 Å². The molecule has 0 saturated carbocycles. The Morgan fingerprint density at radius 3 is 1.55 bits per heavy atom.